The number of hydrogen-bond acceptors (Lipinski definition) is 4. The molecule has 1 amide bonds. The molecule has 5 nitrogen and oxygen atoms in total. The van der Waals surface area contributed by atoms with Gasteiger partial charge >= 0.3 is 0 Å². The lowest BCUT2D eigenvalue weighted by Gasteiger charge is -2.13. The van der Waals surface area contributed by atoms with E-state index in [0.717, 1.165) is 5.56 Å². The van der Waals surface area contributed by atoms with Crippen molar-refractivity contribution in [3.63, 3.8) is 0 Å². The minimum atomic E-state index is -0.262. The molecule has 1 aliphatic heterocycles. The Balaban J connectivity index is 1.91. The zero-order valence-electron chi connectivity index (χ0n) is 15.4. The predicted octanol–water partition coefficient (Wildman–Crippen LogP) is 5.37. The summed E-state index contributed by atoms with van der Waals surface area (Å²) in [7, 11) is 1.56. The van der Waals surface area contributed by atoms with Gasteiger partial charge in [-0.25, -0.2) is 0 Å². The van der Waals surface area contributed by atoms with E-state index in [0.29, 0.717) is 45.1 Å². The molecule has 0 radical (unpaired) electrons. The van der Waals surface area contributed by atoms with Crippen LogP contribution in [0.3, 0.4) is 0 Å². The molecule has 2 aromatic rings. The van der Waals surface area contributed by atoms with Gasteiger partial charge in [0, 0.05) is 10.0 Å². The highest BCUT2D eigenvalue weighted by atomic mass is 35.5. The SMILES string of the molecule is C=CCOc1ccc(/C=C2\C(=O)N(c3cc(Cl)cc(Cl)c3)N=C2C)cc1OC. The fourth-order valence-corrected chi connectivity index (χ4v) is 3.24. The topological polar surface area (TPSA) is 51.1 Å². The number of hydrazone groups is 1. The Morgan fingerprint density at radius 2 is 1.86 bits per heavy atom. The Hall–Kier alpha value is -2.76. The van der Waals surface area contributed by atoms with Crippen molar-refractivity contribution in [1.29, 1.82) is 0 Å². The number of hydrogen-bond donors (Lipinski definition) is 0. The Kier molecular flexibility index (Phi) is 6.07. The van der Waals surface area contributed by atoms with Gasteiger partial charge in [-0.3, -0.25) is 4.79 Å². The van der Waals surface area contributed by atoms with Crippen LogP contribution < -0.4 is 14.5 Å². The van der Waals surface area contributed by atoms with Gasteiger partial charge in [0.15, 0.2) is 11.5 Å². The number of nitrogens with zero attached hydrogens (tertiary/aromatic N) is 2. The van der Waals surface area contributed by atoms with Crippen LogP contribution in [0.4, 0.5) is 5.69 Å². The number of ether oxygens (including phenoxy) is 2. The molecule has 2 aromatic carbocycles. The monoisotopic (exact) mass is 416 g/mol. The molecule has 0 saturated carbocycles. The van der Waals surface area contributed by atoms with Crippen molar-refractivity contribution in [3.05, 3.63) is 70.2 Å². The molecule has 1 heterocycles. The average molecular weight is 417 g/mol. The summed E-state index contributed by atoms with van der Waals surface area (Å²) in [6.07, 6.45) is 3.41. The van der Waals surface area contributed by atoms with Crippen LogP contribution in [-0.2, 0) is 4.79 Å². The number of halogens is 2. The molecule has 0 unspecified atom stereocenters. The number of anilines is 1. The van der Waals surface area contributed by atoms with E-state index in [4.69, 9.17) is 32.7 Å². The lowest BCUT2D eigenvalue weighted by Crippen LogP contribution is -2.21. The molecule has 0 aromatic heterocycles. The highest BCUT2D eigenvalue weighted by Crippen LogP contribution is 2.32. The van der Waals surface area contributed by atoms with Gasteiger partial charge in [-0.05, 0) is 48.9 Å². The highest BCUT2D eigenvalue weighted by molar-refractivity contribution is 6.36. The Bertz CT molecular complexity index is 979. The molecule has 28 heavy (non-hydrogen) atoms. The summed E-state index contributed by atoms with van der Waals surface area (Å²) in [6.45, 7) is 5.78. The normalized spacial score (nSPS) is 15.0. The van der Waals surface area contributed by atoms with Crippen molar-refractivity contribution >= 4 is 46.6 Å². The van der Waals surface area contributed by atoms with Gasteiger partial charge in [0.25, 0.3) is 5.91 Å². The minimum Gasteiger partial charge on any atom is -0.493 e. The third kappa shape index (κ3) is 4.21. The summed E-state index contributed by atoms with van der Waals surface area (Å²) < 4.78 is 10.9. The zero-order chi connectivity index (χ0) is 20.3. The fraction of sp³-hybridized carbons (Fsp3) is 0.143. The van der Waals surface area contributed by atoms with Gasteiger partial charge in [0.1, 0.15) is 6.61 Å². The van der Waals surface area contributed by atoms with Crippen molar-refractivity contribution in [2.45, 2.75) is 6.92 Å². The highest BCUT2D eigenvalue weighted by Gasteiger charge is 2.29. The fourth-order valence-electron chi connectivity index (χ4n) is 2.73. The van der Waals surface area contributed by atoms with Gasteiger partial charge in [0.2, 0.25) is 0 Å². The van der Waals surface area contributed by atoms with Crippen LogP contribution in [-0.4, -0.2) is 25.3 Å². The first-order valence-electron chi connectivity index (χ1n) is 8.42. The molecule has 3 rings (SSSR count). The molecule has 0 spiro atoms. The second kappa shape index (κ2) is 8.50. The number of carbonyl (C=O) groups excluding carboxylic acids is 1. The molecule has 0 bridgehead atoms. The summed E-state index contributed by atoms with van der Waals surface area (Å²) in [5, 5.41) is 6.50. The maximum atomic E-state index is 12.9. The molecule has 0 fully saturated rings. The van der Waals surface area contributed by atoms with Crippen LogP contribution >= 0.6 is 23.2 Å². The van der Waals surface area contributed by atoms with Crippen LogP contribution in [0.15, 0.2) is 59.7 Å². The van der Waals surface area contributed by atoms with Crippen molar-refractivity contribution in [2.24, 2.45) is 5.10 Å². The third-order valence-electron chi connectivity index (χ3n) is 4.01. The summed E-state index contributed by atoms with van der Waals surface area (Å²) in [6, 6.07) is 10.3. The third-order valence-corrected chi connectivity index (χ3v) is 4.45. The average Bonchev–Trinajstić information content (AvgIpc) is 2.94. The molecule has 7 heteroatoms. The summed E-state index contributed by atoms with van der Waals surface area (Å²) in [5.74, 6) is 0.902. The van der Waals surface area contributed by atoms with Crippen molar-refractivity contribution in [1.82, 2.24) is 0 Å². The Morgan fingerprint density at radius 3 is 2.50 bits per heavy atom. The van der Waals surface area contributed by atoms with Crippen LogP contribution in [0, 0.1) is 0 Å². The van der Waals surface area contributed by atoms with E-state index in [1.807, 2.05) is 6.07 Å². The summed E-state index contributed by atoms with van der Waals surface area (Å²) in [4.78, 5) is 12.9. The lowest BCUT2D eigenvalue weighted by molar-refractivity contribution is -0.114. The number of benzene rings is 2. The lowest BCUT2D eigenvalue weighted by atomic mass is 10.1. The molecule has 0 atom stereocenters. The van der Waals surface area contributed by atoms with E-state index in [-0.39, 0.29) is 5.91 Å². The number of amides is 1. The maximum Gasteiger partial charge on any atom is 0.280 e. The Labute approximate surface area is 173 Å². The first-order chi connectivity index (χ1) is 13.4. The molecule has 0 aliphatic carbocycles. The number of rotatable bonds is 6. The van der Waals surface area contributed by atoms with E-state index < -0.39 is 0 Å². The van der Waals surface area contributed by atoms with Crippen molar-refractivity contribution in [2.75, 3.05) is 18.7 Å². The molecular weight excluding hydrogens is 399 g/mol. The van der Waals surface area contributed by atoms with Crippen molar-refractivity contribution < 1.29 is 14.3 Å². The quantitative estimate of drug-likeness (QED) is 0.469. The first-order valence-corrected chi connectivity index (χ1v) is 9.18. The van der Waals surface area contributed by atoms with E-state index in [1.165, 1.54) is 5.01 Å². The second-order valence-electron chi connectivity index (χ2n) is 6.00. The van der Waals surface area contributed by atoms with Crippen LogP contribution in [0.1, 0.15) is 12.5 Å². The predicted molar refractivity (Wildman–Crippen MR) is 114 cm³/mol. The van der Waals surface area contributed by atoms with Crippen molar-refractivity contribution in [3.8, 4) is 11.5 Å². The standard InChI is InChI=1S/C21H18Cl2N2O3/c1-4-7-28-19-6-5-14(9-20(19)27-3)8-18-13(2)24-25(21(18)26)17-11-15(22)10-16(23)12-17/h4-6,8-12H,1,7H2,2-3H3/b18-8-. The second-order valence-corrected chi connectivity index (χ2v) is 6.87. The van der Waals surface area contributed by atoms with Gasteiger partial charge < -0.3 is 9.47 Å². The van der Waals surface area contributed by atoms with Gasteiger partial charge in [0.05, 0.1) is 24.1 Å². The Morgan fingerprint density at radius 1 is 1.14 bits per heavy atom. The summed E-state index contributed by atoms with van der Waals surface area (Å²) in [5.41, 5.74) is 2.35. The van der Waals surface area contributed by atoms with E-state index in [2.05, 4.69) is 11.7 Å². The van der Waals surface area contributed by atoms with Crippen LogP contribution in [0.25, 0.3) is 6.08 Å². The summed E-state index contributed by atoms with van der Waals surface area (Å²) >= 11 is 12.1. The maximum absolute atomic E-state index is 12.9. The number of methoxy groups -OCH3 is 1. The smallest absolute Gasteiger partial charge is 0.280 e. The minimum absolute atomic E-state index is 0.262. The largest absolute Gasteiger partial charge is 0.493 e. The van der Waals surface area contributed by atoms with Crippen LogP contribution in [0.5, 0.6) is 11.5 Å². The van der Waals surface area contributed by atoms with E-state index in [9.17, 15) is 4.79 Å². The van der Waals surface area contributed by atoms with Gasteiger partial charge in [-0.1, -0.05) is 41.9 Å². The first kappa shape index (κ1) is 20.0. The number of carbonyl (C=O) groups is 1. The van der Waals surface area contributed by atoms with E-state index >= 15 is 0 Å². The van der Waals surface area contributed by atoms with Crippen LogP contribution in [0.2, 0.25) is 10.0 Å². The molecule has 0 saturated heterocycles. The molecule has 0 N–H and O–H groups in total. The zero-order valence-corrected chi connectivity index (χ0v) is 16.9. The van der Waals surface area contributed by atoms with Gasteiger partial charge in [-0.15, -0.1) is 0 Å². The molecule has 1 aliphatic rings. The molecular formula is C21H18Cl2N2O3. The molecule has 144 valence electrons. The van der Waals surface area contributed by atoms with Gasteiger partial charge in [-0.2, -0.15) is 10.1 Å². The van der Waals surface area contributed by atoms with E-state index in [1.54, 1.807) is 56.5 Å².